The fourth-order valence-corrected chi connectivity index (χ4v) is 5.61. The highest BCUT2D eigenvalue weighted by molar-refractivity contribution is 5.01. The average molecular weight is 613 g/mol. The fourth-order valence-electron chi connectivity index (χ4n) is 5.61. The Balaban J connectivity index is 1.63. The molecule has 2 heterocycles. The number of nitrogens with one attached hydrogen (secondary N) is 1. The van der Waals surface area contributed by atoms with Crippen LogP contribution in [0.2, 0.25) is 0 Å². The van der Waals surface area contributed by atoms with Gasteiger partial charge in [0.25, 0.3) is 0 Å². The number of unbranched alkanes of at least 4 members (excludes halogenated alkanes) is 1. The molecule has 2 aliphatic heterocycles. The largest absolute Gasteiger partial charge is 0.395 e. The second-order valence-corrected chi connectivity index (χ2v) is 11.3. The van der Waals surface area contributed by atoms with E-state index in [4.69, 9.17) is 52.4 Å². The molecule has 17 N–H and O–H groups in total. The fraction of sp³-hybridized carbons (Fsp3) is 1.00. The molecule has 17 nitrogen and oxygen atoms in total. The van der Waals surface area contributed by atoms with Gasteiger partial charge < -0.3 is 88.3 Å². The summed E-state index contributed by atoms with van der Waals surface area (Å²) in [6.45, 7) is 0.446. The van der Waals surface area contributed by atoms with Crippen LogP contribution in [-0.4, -0.2) is 162 Å². The molecule has 0 aromatic carbocycles. The average Bonchev–Trinajstić information content (AvgIpc) is 3.28. The predicted molar refractivity (Wildman–Crippen MR) is 147 cm³/mol. The molecule has 248 valence electrons. The Hall–Kier alpha value is -0.680. The summed E-state index contributed by atoms with van der Waals surface area (Å²) in [6, 6.07) is -2.88. The number of rotatable bonds is 16. The highest BCUT2D eigenvalue weighted by Crippen LogP contribution is 2.32. The van der Waals surface area contributed by atoms with Crippen molar-refractivity contribution in [3.05, 3.63) is 0 Å². The third kappa shape index (κ3) is 8.73. The minimum absolute atomic E-state index is 0.0463. The van der Waals surface area contributed by atoms with Crippen LogP contribution in [-0.2, 0) is 23.7 Å². The van der Waals surface area contributed by atoms with E-state index < -0.39 is 92.2 Å². The second-order valence-electron chi connectivity index (χ2n) is 11.3. The molecule has 17 heteroatoms. The van der Waals surface area contributed by atoms with Gasteiger partial charge in [0.2, 0.25) is 0 Å². The van der Waals surface area contributed by atoms with Gasteiger partial charge in [-0.05, 0) is 25.8 Å². The van der Waals surface area contributed by atoms with Crippen molar-refractivity contribution in [2.75, 3.05) is 39.5 Å². The van der Waals surface area contributed by atoms with Crippen LogP contribution in [0, 0.1) is 0 Å². The van der Waals surface area contributed by atoms with E-state index in [1.165, 1.54) is 0 Å². The molecule has 0 radical (unpaired) electrons. The first-order valence-electron chi connectivity index (χ1n) is 14.7. The lowest BCUT2D eigenvalue weighted by atomic mass is 9.84. The first kappa shape index (κ1) is 35.8. The number of aliphatic hydroxyl groups is 6. The lowest BCUT2D eigenvalue weighted by Gasteiger charge is -2.47. The van der Waals surface area contributed by atoms with E-state index >= 15 is 0 Å². The van der Waals surface area contributed by atoms with Crippen LogP contribution >= 0.6 is 0 Å². The van der Waals surface area contributed by atoms with Gasteiger partial charge in [0.05, 0.1) is 32.0 Å². The highest BCUT2D eigenvalue weighted by Gasteiger charge is 2.52. The van der Waals surface area contributed by atoms with E-state index in [9.17, 15) is 30.6 Å². The molecular weight excluding hydrogens is 560 g/mol. The first-order chi connectivity index (χ1) is 20.1. The molecule has 2 saturated heterocycles. The van der Waals surface area contributed by atoms with Crippen molar-refractivity contribution in [3.8, 4) is 0 Å². The Kier molecular flexibility index (Phi) is 14.6. The van der Waals surface area contributed by atoms with Crippen molar-refractivity contribution < 1.29 is 54.3 Å². The van der Waals surface area contributed by atoms with E-state index in [0.29, 0.717) is 13.1 Å². The van der Waals surface area contributed by atoms with Gasteiger partial charge in [0, 0.05) is 31.2 Å². The Morgan fingerprint density at radius 2 is 1.48 bits per heavy atom. The number of hydrogen-bond donors (Lipinski definition) is 12. The summed E-state index contributed by atoms with van der Waals surface area (Å²) in [5.41, 5.74) is 29.7. The second kappa shape index (κ2) is 17.1. The Morgan fingerprint density at radius 3 is 2.12 bits per heavy atom. The van der Waals surface area contributed by atoms with Crippen molar-refractivity contribution in [1.82, 2.24) is 5.32 Å². The molecule has 0 aromatic rings. The van der Waals surface area contributed by atoms with Crippen molar-refractivity contribution in [3.63, 3.8) is 0 Å². The van der Waals surface area contributed by atoms with Gasteiger partial charge >= 0.3 is 0 Å². The molecular formula is C25H52N6O11. The smallest absolute Gasteiger partial charge is 0.187 e. The molecule has 1 aliphatic carbocycles. The predicted octanol–water partition coefficient (Wildman–Crippen LogP) is -6.55. The van der Waals surface area contributed by atoms with Gasteiger partial charge in [-0.1, -0.05) is 6.42 Å². The Morgan fingerprint density at radius 1 is 0.786 bits per heavy atom. The highest BCUT2D eigenvalue weighted by atomic mass is 16.7. The summed E-state index contributed by atoms with van der Waals surface area (Å²) >= 11 is 0. The topological polar surface area (TPSA) is 310 Å². The van der Waals surface area contributed by atoms with Crippen molar-refractivity contribution in [2.24, 2.45) is 28.7 Å². The van der Waals surface area contributed by atoms with Gasteiger partial charge in [-0.2, -0.15) is 0 Å². The molecule has 1 saturated carbocycles. The molecule has 42 heavy (non-hydrogen) atoms. The van der Waals surface area contributed by atoms with Crippen LogP contribution in [0.5, 0.6) is 0 Å². The maximum atomic E-state index is 11.0. The minimum atomic E-state index is -1.40. The summed E-state index contributed by atoms with van der Waals surface area (Å²) < 4.78 is 29.2. The van der Waals surface area contributed by atoms with Crippen LogP contribution in [0.1, 0.15) is 25.7 Å². The summed E-state index contributed by atoms with van der Waals surface area (Å²) in [7, 11) is 0. The molecule has 0 amide bonds. The number of hydrogen-bond acceptors (Lipinski definition) is 17. The third-order valence-corrected chi connectivity index (χ3v) is 8.17. The van der Waals surface area contributed by atoms with Gasteiger partial charge in [-0.3, -0.25) is 0 Å². The standard InChI is InChI=1S/C25H52N6O11/c26-4-2-1-3-11(9-32)31-5-6-38-22-15(10-33)40-25(20(22)37)42-23-17(34)12(28)7-13(29)21(23)41-24-16(30)19(36)18(35)14(8-27)39-24/h11-25,31-37H,1-10,26-30H2/t11-,12-,13+,14-,15-,16-,17+,18-,19-,20-,21-,22-,23-,24-,25+/m1/s1. The van der Waals surface area contributed by atoms with Crippen molar-refractivity contribution >= 4 is 0 Å². The monoisotopic (exact) mass is 612 g/mol. The molecule has 0 aromatic heterocycles. The molecule has 0 unspecified atom stereocenters. The summed E-state index contributed by atoms with van der Waals surface area (Å²) in [4.78, 5) is 0. The molecule has 3 aliphatic rings. The zero-order valence-corrected chi connectivity index (χ0v) is 23.8. The van der Waals surface area contributed by atoms with E-state index in [1.54, 1.807) is 0 Å². The van der Waals surface area contributed by atoms with Gasteiger partial charge in [-0.25, -0.2) is 0 Å². The molecule has 15 atom stereocenters. The van der Waals surface area contributed by atoms with Crippen LogP contribution in [0.25, 0.3) is 0 Å². The SMILES string of the molecule is NCCCC[C@H](CO)NCCO[C@H]1[C@@H](O)[C@H](O[C@@H]2[C@@H](O)[C@H](N)C[C@H](N)[C@H]2O[C@H]2O[C@H](CN)[C@@H](O)[C@H](O)[C@H]2N)O[C@@H]1CO. The molecule has 3 rings (SSSR count). The summed E-state index contributed by atoms with van der Waals surface area (Å²) in [5.74, 6) is 0. The van der Waals surface area contributed by atoms with Gasteiger partial charge in [0.15, 0.2) is 12.6 Å². The van der Waals surface area contributed by atoms with Gasteiger partial charge in [0.1, 0.15) is 48.8 Å². The lowest BCUT2D eigenvalue weighted by Crippen LogP contribution is -2.68. The Labute approximate surface area is 245 Å². The minimum Gasteiger partial charge on any atom is -0.395 e. The normalized spacial score (nSPS) is 43.5. The maximum absolute atomic E-state index is 11.0. The zero-order valence-electron chi connectivity index (χ0n) is 23.8. The van der Waals surface area contributed by atoms with Crippen LogP contribution < -0.4 is 34.0 Å². The van der Waals surface area contributed by atoms with E-state index in [2.05, 4.69) is 5.32 Å². The number of nitrogens with two attached hydrogens (primary N) is 5. The van der Waals surface area contributed by atoms with E-state index in [0.717, 1.165) is 19.3 Å². The number of aliphatic hydroxyl groups excluding tert-OH is 6. The maximum Gasteiger partial charge on any atom is 0.187 e. The van der Waals surface area contributed by atoms with E-state index in [1.807, 2.05) is 0 Å². The van der Waals surface area contributed by atoms with Crippen LogP contribution in [0.15, 0.2) is 0 Å². The number of ether oxygens (including phenoxy) is 5. The Bertz CT molecular complexity index is 778. The third-order valence-electron chi connectivity index (χ3n) is 8.17. The summed E-state index contributed by atoms with van der Waals surface area (Å²) in [6.07, 6.45) is -10.6. The first-order valence-corrected chi connectivity index (χ1v) is 14.7. The quantitative estimate of drug-likeness (QED) is 0.0721. The molecule has 3 fully saturated rings. The summed E-state index contributed by atoms with van der Waals surface area (Å²) in [5, 5.41) is 65.1. The van der Waals surface area contributed by atoms with Crippen LogP contribution in [0.3, 0.4) is 0 Å². The van der Waals surface area contributed by atoms with Gasteiger partial charge in [-0.15, -0.1) is 0 Å². The zero-order chi connectivity index (χ0) is 31.0. The lowest BCUT2D eigenvalue weighted by molar-refractivity contribution is -0.306. The van der Waals surface area contributed by atoms with E-state index in [-0.39, 0.29) is 32.2 Å². The molecule has 0 bridgehead atoms. The van der Waals surface area contributed by atoms with Crippen molar-refractivity contribution in [1.29, 1.82) is 0 Å². The van der Waals surface area contributed by atoms with Crippen LogP contribution in [0.4, 0.5) is 0 Å². The van der Waals surface area contributed by atoms with Crippen molar-refractivity contribution in [2.45, 2.75) is 117 Å². The molecule has 0 spiro atoms.